The molecule has 0 aromatic heterocycles. The lowest BCUT2D eigenvalue weighted by atomic mass is 10.1. The molecule has 0 fully saturated rings. The second-order valence-electron chi connectivity index (χ2n) is 13.9. The molecule has 0 amide bonds. The minimum Gasteiger partial charge on any atom is -0.0623 e. The third-order valence-electron chi connectivity index (χ3n) is 10.8. The van der Waals surface area contributed by atoms with Crippen molar-refractivity contribution in [3.63, 3.8) is 0 Å². The molecular weight excluding hydrogens is 657 g/mol. The highest BCUT2D eigenvalue weighted by Crippen LogP contribution is 2.20. The molecule has 0 radical (unpaired) electrons. The van der Waals surface area contributed by atoms with E-state index in [0.717, 1.165) is 0 Å². The minimum absolute atomic E-state index is 1.23. The van der Waals surface area contributed by atoms with Crippen LogP contribution in [0.1, 0.15) is 11.1 Å². The van der Waals surface area contributed by atoms with Crippen LogP contribution in [0.15, 0.2) is 218 Å². The van der Waals surface area contributed by atoms with E-state index in [9.17, 15) is 0 Å². The van der Waals surface area contributed by atoms with Gasteiger partial charge >= 0.3 is 0 Å². The van der Waals surface area contributed by atoms with Gasteiger partial charge in [-0.25, -0.2) is 0 Å². The molecule has 0 saturated heterocycles. The standard InChI is InChI=1S/C50H42Si2/c1-39-23-31-47(32-24-39)51(43-15-7-3-8-16-43,44-17-9-4-10-18-44)49-35-27-41(28-36-49)42-29-37-50(38-30-42)52(45-19-11-5-12-20-45,46-21-13-6-14-22-46)48-33-25-40(2)26-34-48/h3-38H,1-2H3. The van der Waals surface area contributed by atoms with E-state index in [1.807, 2.05) is 0 Å². The molecule has 0 bridgehead atoms. The lowest BCUT2D eigenvalue weighted by molar-refractivity contribution is 1.48. The number of benzene rings is 8. The molecule has 0 nitrogen and oxygen atoms in total. The van der Waals surface area contributed by atoms with E-state index in [1.54, 1.807) is 0 Å². The molecule has 8 aromatic rings. The maximum atomic E-state index is 2.40. The molecule has 0 aliphatic carbocycles. The Morgan fingerprint density at radius 2 is 0.404 bits per heavy atom. The summed E-state index contributed by atoms with van der Waals surface area (Å²) in [6.07, 6.45) is 0. The van der Waals surface area contributed by atoms with Gasteiger partial charge < -0.3 is 0 Å². The lowest BCUT2D eigenvalue weighted by Crippen LogP contribution is -2.74. The molecule has 0 heterocycles. The van der Waals surface area contributed by atoms with Gasteiger partial charge in [0.1, 0.15) is 0 Å². The Hall–Kier alpha value is -5.81. The van der Waals surface area contributed by atoms with Crippen molar-refractivity contribution in [3.05, 3.63) is 230 Å². The Morgan fingerprint density at radius 1 is 0.212 bits per heavy atom. The summed E-state index contributed by atoms with van der Waals surface area (Å²) in [5.74, 6) is 0. The number of rotatable bonds is 9. The van der Waals surface area contributed by atoms with Crippen LogP contribution < -0.4 is 41.5 Å². The SMILES string of the molecule is Cc1ccc([Si](c2ccccc2)(c2ccccc2)c2ccc(-c3ccc([Si](c4ccccc4)(c4ccccc4)c4ccc(C)cc4)cc3)cc2)cc1. The van der Waals surface area contributed by atoms with Crippen LogP contribution in [-0.2, 0) is 0 Å². The van der Waals surface area contributed by atoms with Gasteiger partial charge in [0.2, 0.25) is 0 Å². The molecule has 0 atom stereocenters. The third kappa shape index (κ3) is 5.90. The zero-order chi connectivity index (χ0) is 35.4. The predicted molar refractivity (Wildman–Crippen MR) is 229 cm³/mol. The van der Waals surface area contributed by atoms with E-state index in [2.05, 4.69) is 232 Å². The Kier molecular flexibility index (Phi) is 9.26. The maximum absolute atomic E-state index is 2.59. The van der Waals surface area contributed by atoms with Gasteiger partial charge in [-0.3, -0.25) is 0 Å². The molecule has 8 aromatic carbocycles. The van der Waals surface area contributed by atoms with Crippen molar-refractivity contribution in [1.29, 1.82) is 0 Å². The summed E-state index contributed by atoms with van der Waals surface area (Å²) in [6.45, 7) is 4.34. The molecular formula is C50H42Si2. The van der Waals surface area contributed by atoms with Gasteiger partial charge in [-0.2, -0.15) is 0 Å². The van der Waals surface area contributed by atoms with Crippen LogP contribution in [0.3, 0.4) is 0 Å². The molecule has 0 spiro atoms. The molecule has 0 aliphatic rings. The Bertz CT molecular complexity index is 2100. The van der Waals surface area contributed by atoms with E-state index < -0.39 is 16.1 Å². The highest BCUT2D eigenvalue weighted by atomic mass is 28.3. The maximum Gasteiger partial charge on any atom is 0.179 e. The fourth-order valence-corrected chi connectivity index (χ4v) is 17.6. The lowest BCUT2D eigenvalue weighted by Gasteiger charge is -2.35. The summed E-state index contributed by atoms with van der Waals surface area (Å²) in [7, 11) is -5.18. The van der Waals surface area contributed by atoms with Crippen molar-refractivity contribution in [1.82, 2.24) is 0 Å². The van der Waals surface area contributed by atoms with Gasteiger partial charge in [-0.15, -0.1) is 0 Å². The van der Waals surface area contributed by atoms with E-state index >= 15 is 0 Å². The minimum atomic E-state index is -2.59. The summed E-state index contributed by atoms with van der Waals surface area (Å²) in [5, 5.41) is 11.1. The van der Waals surface area contributed by atoms with Crippen molar-refractivity contribution < 1.29 is 0 Å². The van der Waals surface area contributed by atoms with Crippen molar-refractivity contribution in [2.24, 2.45) is 0 Å². The van der Waals surface area contributed by atoms with E-state index in [1.165, 1.54) is 63.7 Å². The van der Waals surface area contributed by atoms with E-state index in [-0.39, 0.29) is 0 Å². The smallest absolute Gasteiger partial charge is 0.0623 e. The van der Waals surface area contributed by atoms with Gasteiger partial charge in [-0.05, 0) is 66.5 Å². The summed E-state index contributed by atoms with van der Waals surface area (Å²) in [6, 6.07) is 82.1. The molecule has 0 saturated carbocycles. The number of hydrogen-bond acceptors (Lipinski definition) is 0. The van der Waals surface area contributed by atoms with Gasteiger partial charge in [0, 0.05) is 0 Å². The molecule has 8 rings (SSSR count). The fourth-order valence-electron chi connectivity index (χ4n) is 8.19. The first kappa shape index (κ1) is 33.3. The summed E-state index contributed by atoms with van der Waals surface area (Å²) < 4.78 is 0. The van der Waals surface area contributed by atoms with Crippen LogP contribution in [0.4, 0.5) is 0 Å². The summed E-state index contributed by atoms with van der Waals surface area (Å²) in [5.41, 5.74) is 5.01. The molecule has 52 heavy (non-hydrogen) atoms. The van der Waals surface area contributed by atoms with Crippen molar-refractivity contribution >= 4 is 57.6 Å². The summed E-state index contributed by atoms with van der Waals surface area (Å²) >= 11 is 0. The first-order chi connectivity index (χ1) is 25.6. The van der Waals surface area contributed by atoms with Gasteiger partial charge in [-0.1, -0.05) is 230 Å². The number of hydrogen-bond donors (Lipinski definition) is 0. The fraction of sp³-hybridized carbons (Fsp3) is 0.0400. The van der Waals surface area contributed by atoms with E-state index in [0.29, 0.717) is 0 Å². The van der Waals surface area contributed by atoms with Crippen LogP contribution in [0.2, 0.25) is 0 Å². The van der Waals surface area contributed by atoms with E-state index in [4.69, 9.17) is 0 Å². The molecule has 2 heteroatoms. The topological polar surface area (TPSA) is 0 Å². The molecule has 250 valence electrons. The molecule has 0 N–H and O–H groups in total. The zero-order valence-electron chi connectivity index (χ0n) is 29.8. The second kappa shape index (κ2) is 14.4. The van der Waals surface area contributed by atoms with Crippen LogP contribution in [0.25, 0.3) is 11.1 Å². The van der Waals surface area contributed by atoms with Crippen LogP contribution in [0, 0.1) is 13.8 Å². The average molecular weight is 699 g/mol. The second-order valence-corrected chi connectivity index (χ2v) is 21.5. The van der Waals surface area contributed by atoms with Crippen LogP contribution in [-0.4, -0.2) is 16.1 Å². The quantitative estimate of drug-likeness (QED) is 0.116. The highest BCUT2D eigenvalue weighted by molar-refractivity contribution is 7.20. The van der Waals surface area contributed by atoms with Crippen LogP contribution in [0.5, 0.6) is 0 Å². The largest absolute Gasteiger partial charge is 0.179 e. The Balaban J connectivity index is 1.26. The monoisotopic (exact) mass is 698 g/mol. The zero-order valence-corrected chi connectivity index (χ0v) is 31.8. The molecule has 0 aliphatic heterocycles. The van der Waals surface area contributed by atoms with Crippen molar-refractivity contribution in [3.8, 4) is 11.1 Å². The Labute approximate surface area is 310 Å². The summed E-state index contributed by atoms with van der Waals surface area (Å²) in [4.78, 5) is 0. The number of aryl methyl sites for hydroxylation is 2. The van der Waals surface area contributed by atoms with Crippen LogP contribution >= 0.6 is 0 Å². The average Bonchev–Trinajstić information content (AvgIpc) is 3.22. The van der Waals surface area contributed by atoms with Gasteiger partial charge in [0.05, 0.1) is 0 Å². The first-order valence-electron chi connectivity index (χ1n) is 18.2. The molecule has 0 unspecified atom stereocenters. The normalized spacial score (nSPS) is 11.7. The van der Waals surface area contributed by atoms with Gasteiger partial charge in [0.15, 0.2) is 16.1 Å². The third-order valence-corrected chi connectivity index (χ3v) is 20.4. The highest BCUT2D eigenvalue weighted by Gasteiger charge is 2.42. The predicted octanol–water partition coefficient (Wildman–Crippen LogP) is 6.73. The van der Waals surface area contributed by atoms with Crippen molar-refractivity contribution in [2.75, 3.05) is 0 Å². The first-order valence-corrected chi connectivity index (χ1v) is 22.2. The van der Waals surface area contributed by atoms with Crippen molar-refractivity contribution in [2.45, 2.75) is 13.8 Å². The van der Waals surface area contributed by atoms with Gasteiger partial charge in [0.25, 0.3) is 0 Å². The Morgan fingerprint density at radius 3 is 0.635 bits per heavy atom.